The summed E-state index contributed by atoms with van der Waals surface area (Å²) in [6, 6.07) is 0.389. The molecular weight excluding hydrogens is 309 g/mol. The Morgan fingerprint density at radius 1 is 1.56 bits per heavy atom. The highest BCUT2D eigenvalue weighted by atomic mass is 79.9. The third-order valence-corrected chi connectivity index (χ3v) is 3.27. The van der Waals surface area contributed by atoms with E-state index in [9.17, 15) is 9.18 Å². The summed E-state index contributed by atoms with van der Waals surface area (Å²) in [5.74, 6) is -1.50. The topological polar surface area (TPSA) is 81.8 Å². The third kappa shape index (κ3) is 2.41. The molecule has 0 aromatic heterocycles. The van der Waals surface area contributed by atoms with Gasteiger partial charge in [0, 0.05) is 16.5 Å². The Kier molecular flexibility index (Phi) is 3.72. The summed E-state index contributed by atoms with van der Waals surface area (Å²) in [4.78, 5) is 10.7. The lowest BCUT2D eigenvalue weighted by molar-refractivity contribution is -0.138. The monoisotopic (exact) mass is 319 g/mol. The van der Waals surface area contributed by atoms with Crippen molar-refractivity contribution in [2.24, 2.45) is 5.73 Å². The van der Waals surface area contributed by atoms with E-state index in [4.69, 9.17) is 20.3 Å². The summed E-state index contributed by atoms with van der Waals surface area (Å²) >= 11 is 3.18. The fourth-order valence-electron chi connectivity index (χ4n) is 1.65. The zero-order chi connectivity index (χ0) is 13.3. The molecule has 1 aromatic rings. The molecule has 1 aromatic carbocycles. The molecule has 0 saturated heterocycles. The lowest BCUT2D eigenvalue weighted by Gasteiger charge is -2.21. The Morgan fingerprint density at radius 2 is 2.22 bits per heavy atom. The number of hydrogen-bond acceptors (Lipinski definition) is 4. The van der Waals surface area contributed by atoms with Crippen molar-refractivity contribution in [1.29, 1.82) is 0 Å². The van der Waals surface area contributed by atoms with Crippen molar-refractivity contribution in [1.82, 2.24) is 0 Å². The molecular formula is C11H11BrFNO4. The molecule has 1 aliphatic rings. The molecule has 18 heavy (non-hydrogen) atoms. The van der Waals surface area contributed by atoms with E-state index >= 15 is 0 Å². The molecule has 1 aliphatic heterocycles. The molecule has 0 radical (unpaired) electrons. The van der Waals surface area contributed by atoms with Crippen LogP contribution < -0.4 is 15.2 Å². The van der Waals surface area contributed by atoms with Gasteiger partial charge in [0.2, 0.25) is 0 Å². The fraction of sp³-hybridized carbons (Fsp3) is 0.364. The molecule has 5 nitrogen and oxygen atoms in total. The van der Waals surface area contributed by atoms with Gasteiger partial charge in [0.25, 0.3) is 0 Å². The average Bonchev–Trinajstić information content (AvgIpc) is 2.34. The lowest BCUT2D eigenvalue weighted by Crippen LogP contribution is -2.32. The van der Waals surface area contributed by atoms with E-state index in [0.29, 0.717) is 16.8 Å². The minimum absolute atomic E-state index is 0.0111. The number of fused-ring (bicyclic) bond motifs is 1. The second-order valence-electron chi connectivity index (χ2n) is 3.82. The minimum atomic E-state index is -1.18. The lowest BCUT2D eigenvalue weighted by atomic mass is 10.0. The van der Waals surface area contributed by atoms with Crippen molar-refractivity contribution in [3.8, 4) is 11.5 Å². The van der Waals surface area contributed by atoms with Crippen LogP contribution in [0.15, 0.2) is 10.5 Å². The SMILES string of the molecule is NC(Cc1c(Br)cc2c(c1F)OCCO2)C(=O)O. The maximum Gasteiger partial charge on any atom is 0.320 e. The van der Waals surface area contributed by atoms with Crippen molar-refractivity contribution in [2.75, 3.05) is 13.2 Å². The summed E-state index contributed by atoms with van der Waals surface area (Å²) in [7, 11) is 0. The molecule has 0 fully saturated rings. The van der Waals surface area contributed by atoms with Crippen LogP contribution in [0.4, 0.5) is 4.39 Å². The number of nitrogens with two attached hydrogens (primary N) is 1. The first kappa shape index (κ1) is 13.1. The molecule has 3 N–H and O–H groups in total. The van der Waals surface area contributed by atoms with Gasteiger partial charge in [-0.25, -0.2) is 4.39 Å². The normalized spacial score (nSPS) is 15.3. The largest absolute Gasteiger partial charge is 0.486 e. The number of halogens is 2. The molecule has 1 heterocycles. The predicted molar refractivity (Wildman–Crippen MR) is 64.4 cm³/mol. The second-order valence-corrected chi connectivity index (χ2v) is 4.68. The van der Waals surface area contributed by atoms with Crippen molar-refractivity contribution in [2.45, 2.75) is 12.5 Å². The predicted octanol–water partition coefficient (Wildman–Crippen LogP) is 1.31. The van der Waals surface area contributed by atoms with E-state index in [1.54, 1.807) is 6.07 Å². The molecule has 0 saturated carbocycles. The van der Waals surface area contributed by atoms with Crippen LogP contribution in [0.25, 0.3) is 0 Å². The fourth-order valence-corrected chi connectivity index (χ4v) is 2.19. The van der Waals surface area contributed by atoms with Crippen LogP contribution in [-0.2, 0) is 11.2 Å². The highest BCUT2D eigenvalue weighted by Crippen LogP contribution is 2.39. The van der Waals surface area contributed by atoms with Crippen molar-refractivity contribution >= 4 is 21.9 Å². The number of carbonyl (C=O) groups is 1. The van der Waals surface area contributed by atoms with Gasteiger partial charge in [0.15, 0.2) is 17.3 Å². The van der Waals surface area contributed by atoms with Gasteiger partial charge >= 0.3 is 5.97 Å². The summed E-state index contributed by atoms with van der Waals surface area (Å²) in [5, 5.41) is 8.74. The van der Waals surface area contributed by atoms with Crippen LogP contribution in [0.5, 0.6) is 11.5 Å². The van der Waals surface area contributed by atoms with Gasteiger partial charge in [-0.15, -0.1) is 0 Å². The van der Waals surface area contributed by atoms with Gasteiger partial charge < -0.3 is 20.3 Å². The zero-order valence-corrected chi connectivity index (χ0v) is 10.9. The maximum atomic E-state index is 14.2. The first-order valence-electron chi connectivity index (χ1n) is 5.25. The van der Waals surface area contributed by atoms with Crippen LogP contribution in [0, 0.1) is 5.82 Å². The minimum Gasteiger partial charge on any atom is -0.486 e. The van der Waals surface area contributed by atoms with E-state index in [1.807, 2.05) is 0 Å². The molecule has 2 rings (SSSR count). The standard InChI is InChI=1S/C11H11BrFNO4/c12-6-4-8-10(18-2-1-17-8)9(13)5(6)3-7(14)11(15)16/h4,7H,1-3,14H2,(H,15,16). The number of carboxylic acids is 1. The van der Waals surface area contributed by atoms with Crippen molar-refractivity contribution in [3.63, 3.8) is 0 Å². The maximum absolute atomic E-state index is 14.2. The smallest absolute Gasteiger partial charge is 0.320 e. The van der Waals surface area contributed by atoms with Crippen molar-refractivity contribution in [3.05, 3.63) is 21.9 Å². The molecule has 98 valence electrons. The summed E-state index contributed by atoms with van der Waals surface area (Å²) in [5.41, 5.74) is 5.58. The van der Waals surface area contributed by atoms with E-state index < -0.39 is 17.8 Å². The van der Waals surface area contributed by atoms with Gasteiger partial charge in [0.1, 0.15) is 19.3 Å². The third-order valence-electron chi connectivity index (χ3n) is 2.56. The highest BCUT2D eigenvalue weighted by molar-refractivity contribution is 9.10. The first-order chi connectivity index (χ1) is 8.50. The number of aliphatic carboxylic acids is 1. The molecule has 1 atom stereocenters. The van der Waals surface area contributed by atoms with Gasteiger partial charge in [-0.2, -0.15) is 0 Å². The molecule has 1 unspecified atom stereocenters. The van der Waals surface area contributed by atoms with Crippen molar-refractivity contribution < 1.29 is 23.8 Å². The quantitative estimate of drug-likeness (QED) is 0.878. The van der Waals surface area contributed by atoms with Gasteiger partial charge in [-0.1, -0.05) is 15.9 Å². The first-order valence-corrected chi connectivity index (χ1v) is 6.05. The Bertz CT molecular complexity index is 494. The average molecular weight is 320 g/mol. The van der Waals surface area contributed by atoms with Gasteiger partial charge in [-0.3, -0.25) is 4.79 Å². The molecule has 7 heteroatoms. The number of hydrogen-bond donors (Lipinski definition) is 2. The molecule has 0 spiro atoms. The Morgan fingerprint density at radius 3 is 2.89 bits per heavy atom. The zero-order valence-electron chi connectivity index (χ0n) is 9.28. The van der Waals surface area contributed by atoms with Crippen LogP contribution in [0.1, 0.15) is 5.56 Å². The molecule has 0 aliphatic carbocycles. The van der Waals surface area contributed by atoms with Gasteiger partial charge in [0.05, 0.1) is 0 Å². The number of rotatable bonds is 3. The number of benzene rings is 1. The Hall–Kier alpha value is -1.34. The van der Waals surface area contributed by atoms with Gasteiger partial charge in [-0.05, 0) is 6.07 Å². The molecule has 0 bridgehead atoms. The summed E-state index contributed by atoms with van der Waals surface area (Å²) in [6.07, 6.45) is -0.127. The van der Waals surface area contributed by atoms with E-state index in [1.165, 1.54) is 0 Å². The highest BCUT2D eigenvalue weighted by Gasteiger charge is 2.25. The van der Waals surface area contributed by atoms with Crippen LogP contribution in [0.3, 0.4) is 0 Å². The Balaban J connectivity index is 2.38. The van der Waals surface area contributed by atoms with E-state index in [0.717, 1.165) is 0 Å². The van der Waals surface area contributed by atoms with Crippen LogP contribution >= 0.6 is 15.9 Å². The van der Waals surface area contributed by atoms with E-state index in [2.05, 4.69) is 15.9 Å². The van der Waals surface area contributed by atoms with Crippen LogP contribution in [0.2, 0.25) is 0 Å². The summed E-state index contributed by atoms with van der Waals surface area (Å²) < 4.78 is 25.0. The molecule has 0 amide bonds. The van der Waals surface area contributed by atoms with E-state index in [-0.39, 0.29) is 24.3 Å². The number of ether oxygens (including phenoxy) is 2. The number of carboxylic acid groups (broad SMARTS) is 1. The second kappa shape index (κ2) is 5.11. The Labute approximate surface area is 111 Å². The van der Waals surface area contributed by atoms with Crippen LogP contribution in [-0.4, -0.2) is 30.3 Å². The summed E-state index contributed by atoms with van der Waals surface area (Å²) in [6.45, 7) is 0.614.